The number of fused-ring (bicyclic) bond motifs is 1. The van der Waals surface area contributed by atoms with Gasteiger partial charge in [-0.2, -0.15) is 0 Å². The summed E-state index contributed by atoms with van der Waals surface area (Å²) in [6.07, 6.45) is 8.19. The highest BCUT2D eigenvalue weighted by Gasteiger charge is 2.11. The molecule has 0 bridgehead atoms. The molecule has 1 aliphatic rings. The van der Waals surface area contributed by atoms with E-state index in [9.17, 15) is 4.79 Å². The van der Waals surface area contributed by atoms with Gasteiger partial charge in [0.05, 0.1) is 0 Å². The highest BCUT2D eigenvalue weighted by atomic mass is 16.4. The Hall–Kier alpha value is -2.10. The first-order valence-electron chi connectivity index (χ1n) is 7.10. The minimum absolute atomic E-state index is 0.249. The Bertz CT molecular complexity index is 631. The lowest BCUT2D eigenvalue weighted by molar-refractivity contribution is 0.0691. The molecule has 2 aromatic rings. The molecule has 0 saturated heterocycles. The van der Waals surface area contributed by atoms with Crippen molar-refractivity contribution in [2.75, 3.05) is 0 Å². The Morgan fingerprint density at radius 1 is 1.25 bits per heavy atom. The third-order valence-corrected chi connectivity index (χ3v) is 3.88. The Morgan fingerprint density at radius 2 is 2.10 bits per heavy atom. The number of nitrogens with zero attached hydrogens (tertiary/aromatic N) is 1. The number of nitrogens with one attached hydrogen (secondary N) is 1. The van der Waals surface area contributed by atoms with Gasteiger partial charge < -0.3 is 10.1 Å². The van der Waals surface area contributed by atoms with Gasteiger partial charge in [0.2, 0.25) is 0 Å². The monoisotopic (exact) mass is 270 g/mol. The average Bonchev–Trinajstić information content (AvgIpc) is 2.94. The molecule has 0 radical (unpaired) electrons. The summed E-state index contributed by atoms with van der Waals surface area (Å²) in [6.45, 7) is 0. The van der Waals surface area contributed by atoms with E-state index in [-0.39, 0.29) is 5.69 Å². The molecule has 4 nitrogen and oxygen atoms in total. The predicted octanol–water partition coefficient (Wildman–Crippen LogP) is 2.77. The molecule has 0 aliphatic heterocycles. The van der Waals surface area contributed by atoms with E-state index in [4.69, 9.17) is 10.1 Å². The second-order valence-corrected chi connectivity index (χ2v) is 5.34. The minimum Gasteiger partial charge on any atom is -0.477 e. The molecule has 0 aromatic carbocycles. The Labute approximate surface area is 117 Å². The summed E-state index contributed by atoms with van der Waals surface area (Å²) >= 11 is 0. The van der Waals surface area contributed by atoms with Crippen LogP contribution in [0.4, 0.5) is 0 Å². The van der Waals surface area contributed by atoms with Crippen molar-refractivity contribution >= 4 is 5.97 Å². The molecule has 2 N–H and O–H groups in total. The van der Waals surface area contributed by atoms with Crippen LogP contribution in [0.5, 0.6) is 0 Å². The molecule has 1 aliphatic carbocycles. The number of hydrogen-bond donors (Lipinski definition) is 2. The molecule has 104 valence electrons. The molecule has 0 saturated carbocycles. The van der Waals surface area contributed by atoms with Gasteiger partial charge in [0.1, 0.15) is 5.69 Å². The lowest BCUT2D eigenvalue weighted by Crippen LogP contribution is -2.07. The Balaban J connectivity index is 1.67. The number of carbonyl (C=O) groups is 1. The van der Waals surface area contributed by atoms with Crippen molar-refractivity contribution in [1.82, 2.24) is 9.97 Å². The quantitative estimate of drug-likeness (QED) is 0.897. The van der Waals surface area contributed by atoms with Gasteiger partial charge >= 0.3 is 5.97 Å². The highest BCUT2D eigenvalue weighted by Crippen LogP contribution is 2.20. The highest BCUT2D eigenvalue weighted by molar-refractivity contribution is 5.85. The van der Waals surface area contributed by atoms with Gasteiger partial charge in [0.15, 0.2) is 0 Å². The standard InChI is InChI=1S/C16H18N2O2/c19-16(20)15-9-11(10-17-15)5-7-13-8-6-12-3-1-2-4-14(12)18-13/h6,8-10,17H,1-5,7H2,(H,19,20). The first kappa shape index (κ1) is 12.9. The number of pyridine rings is 1. The molecule has 0 spiro atoms. The third kappa shape index (κ3) is 2.74. The number of H-pyrrole nitrogens is 1. The number of aryl methyl sites for hydroxylation is 4. The maximum absolute atomic E-state index is 10.8. The number of aromatic amines is 1. The fraction of sp³-hybridized carbons (Fsp3) is 0.375. The minimum atomic E-state index is -0.914. The molecule has 0 amide bonds. The Morgan fingerprint density at radius 3 is 2.90 bits per heavy atom. The molecule has 0 atom stereocenters. The lowest BCUT2D eigenvalue weighted by atomic mass is 9.95. The SMILES string of the molecule is O=C(O)c1cc(CCc2ccc3c(n2)CCCC3)c[nH]1. The fourth-order valence-electron chi connectivity index (χ4n) is 2.75. The van der Waals surface area contributed by atoms with Gasteiger partial charge in [0.25, 0.3) is 0 Å². The summed E-state index contributed by atoms with van der Waals surface area (Å²) in [7, 11) is 0. The van der Waals surface area contributed by atoms with E-state index in [0.29, 0.717) is 0 Å². The predicted molar refractivity (Wildman–Crippen MR) is 76.0 cm³/mol. The summed E-state index contributed by atoms with van der Waals surface area (Å²) < 4.78 is 0. The van der Waals surface area contributed by atoms with Crippen molar-refractivity contribution < 1.29 is 9.90 Å². The fourth-order valence-corrected chi connectivity index (χ4v) is 2.75. The van der Waals surface area contributed by atoms with Crippen LogP contribution in [0, 0.1) is 0 Å². The summed E-state index contributed by atoms with van der Waals surface area (Å²) in [6, 6.07) is 6.01. The second-order valence-electron chi connectivity index (χ2n) is 5.34. The number of aromatic carboxylic acids is 1. The molecule has 20 heavy (non-hydrogen) atoms. The maximum Gasteiger partial charge on any atom is 0.352 e. The van der Waals surface area contributed by atoms with Crippen LogP contribution in [0.15, 0.2) is 24.4 Å². The first-order valence-corrected chi connectivity index (χ1v) is 7.10. The molecule has 2 heterocycles. The van der Waals surface area contributed by atoms with Crippen molar-refractivity contribution in [2.24, 2.45) is 0 Å². The lowest BCUT2D eigenvalue weighted by Gasteiger charge is -2.15. The van der Waals surface area contributed by atoms with Crippen LogP contribution >= 0.6 is 0 Å². The largest absolute Gasteiger partial charge is 0.477 e. The zero-order valence-electron chi connectivity index (χ0n) is 11.4. The summed E-state index contributed by atoms with van der Waals surface area (Å²) in [5.41, 5.74) is 5.02. The van der Waals surface area contributed by atoms with E-state index in [2.05, 4.69) is 17.1 Å². The van der Waals surface area contributed by atoms with Gasteiger partial charge in [-0.3, -0.25) is 4.98 Å². The number of carboxylic acid groups (broad SMARTS) is 1. The molecule has 2 aromatic heterocycles. The van der Waals surface area contributed by atoms with E-state index in [1.807, 2.05) is 0 Å². The molecule has 4 heteroatoms. The molecule has 3 rings (SSSR count). The summed E-state index contributed by atoms with van der Waals surface area (Å²) in [5.74, 6) is -0.914. The van der Waals surface area contributed by atoms with Crippen LogP contribution in [-0.4, -0.2) is 21.0 Å². The molecular formula is C16H18N2O2. The number of aromatic nitrogens is 2. The third-order valence-electron chi connectivity index (χ3n) is 3.88. The van der Waals surface area contributed by atoms with Crippen LogP contribution in [0.3, 0.4) is 0 Å². The van der Waals surface area contributed by atoms with E-state index >= 15 is 0 Å². The average molecular weight is 270 g/mol. The van der Waals surface area contributed by atoms with Crippen molar-refractivity contribution in [3.8, 4) is 0 Å². The summed E-state index contributed by atoms with van der Waals surface area (Å²) in [4.78, 5) is 18.3. The van der Waals surface area contributed by atoms with Gasteiger partial charge in [-0.05, 0) is 61.8 Å². The Kier molecular flexibility index (Phi) is 3.54. The van der Waals surface area contributed by atoms with Gasteiger partial charge in [-0.15, -0.1) is 0 Å². The van der Waals surface area contributed by atoms with Crippen LogP contribution in [0.25, 0.3) is 0 Å². The van der Waals surface area contributed by atoms with Gasteiger partial charge in [0, 0.05) is 17.6 Å². The van der Waals surface area contributed by atoms with E-state index < -0.39 is 5.97 Å². The van der Waals surface area contributed by atoms with Crippen molar-refractivity contribution in [3.05, 3.63) is 52.6 Å². The molecular weight excluding hydrogens is 252 g/mol. The van der Waals surface area contributed by atoms with Crippen molar-refractivity contribution in [3.63, 3.8) is 0 Å². The van der Waals surface area contributed by atoms with Crippen LogP contribution in [0.2, 0.25) is 0 Å². The van der Waals surface area contributed by atoms with Crippen LogP contribution in [0.1, 0.15) is 45.8 Å². The topological polar surface area (TPSA) is 66.0 Å². The van der Waals surface area contributed by atoms with Gasteiger partial charge in [-0.25, -0.2) is 4.79 Å². The number of rotatable bonds is 4. The number of hydrogen-bond acceptors (Lipinski definition) is 2. The van der Waals surface area contributed by atoms with E-state index in [0.717, 1.165) is 36.9 Å². The summed E-state index contributed by atoms with van der Waals surface area (Å²) in [5, 5.41) is 8.87. The normalized spacial score (nSPS) is 14.0. The van der Waals surface area contributed by atoms with E-state index in [1.165, 1.54) is 24.1 Å². The molecule has 0 unspecified atom stereocenters. The van der Waals surface area contributed by atoms with Crippen molar-refractivity contribution in [2.45, 2.75) is 38.5 Å². The second kappa shape index (κ2) is 5.49. The first-order chi connectivity index (χ1) is 9.72. The zero-order chi connectivity index (χ0) is 13.9. The smallest absolute Gasteiger partial charge is 0.352 e. The molecule has 0 fully saturated rings. The van der Waals surface area contributed by atoms with Crippen LogP contribution in [-0.2, 0) is 25.7 Å². The van der Waals surface area contributed by atoms with Gasteiger partial charge in [-0.1, -0.05) is 6.07 Å². The maximum atomic E-state index is 10.8. The van der Waals surface area contributed by atoms with Crippen LogP contribution < -0.4 is 0 Å². The number of carboxylic acids is 1. The van der Waals surface area contributed by atoms with Crippen molar-refractivity contribution in [1.29, 1.82) is 0 Å². The van der Waals surface area contributed by atoms with E-state index in [1.54, 1.807) is 12.3 Å². The zero-order valence-corrected chi connectivity index (χ0v) is 11.4.